The lowest BCUT2D eigenvalue weighted by Gasteiger charge is -2.15. The summed E-state index contributed by atoms with van der Waals surface area (Å²) in [6.07, 6.45) is 0. The summed E-state index contributed by atoms with van der Waals surface area (Å²) in [6, 6.07) is 14.4. The van der Waals surface area contributed by atoms with Crippen molar-refractivity contribution in [1.29, 1.82) is 0 Å². The van der Waals surface area contributed by atoms with Crippen LogP contribution < -0.4 is 16.0 Å². The molecule has 1 N–H and O–H groups in total. The van der Waals surface area contributed by atoms with Crippen LogP contribution >= 0.6 is 0 Å². The second-order valence-electron chi connectivity index (χ2n) is 6.16. The standard InChI is InChI=1S/C19H21N3O3/c1-13(22-16-6-4-5-7-17(16)25-19(22)24)18(23)20-12-14-8-10-15(11-9-14)21(2)3/h4-11,13H,12H2,1-3H3,(H,20,23)/t13-/m0/s1. The molecule has 0 aliphatic carbocycles. The number of fused-ring (bicyclic) bond motifs is 1. The number of nitrogens with zero attached hydrogens (tertiary/aromatic N) is 2. The van der Waals surface area contributed by atoms with Gasteiger partial charge >= 0.3 is 5.76 Å². The van der Waals surface area contributed by atoms with E-state index in [1.54, 1.807) is 25.1 Å². The van der Waals surface area contributed by atoms with E-state index in [-0.39, 0.29) is 5.91 Å². The van der Waals surface area contributed by atoms with E-state index in [0.29, 0.717) is 17.6 Å². The van der Waals surface area contributed by atoms with Crippen molar-refractivity contribution < 1.29 is 9.21 Å². The Morgan fingerprint density at radius 2 is 1.84 bits per heavy atom. The summed E-state index contributed by atoms with van der Waals surface area (Å²) in [4.78, 5) is 26.6. The van der Waals surface area contributed by atoms with Crippen LogP contribution in [0.2, 0.25) is 0 Å². The highest BCUT2D eigenvalue weighted by atomic mass is 16.4. The highest BCUT2D eigenvalue weighted by molar-refractivity contribution is 5.82. The molecule has 0 fully saturated rings. The van der Waals surface area contributed by atoms with Gasteiger partial charge in [0.15, 0.2) is 5.58 Å². The number of hydrogen-bond acceptors (Lipinski definition) is 4. The van der Waals surface area contributed by atoms with Crippen molar-refractivity contribution in [1.82, 2.24) is 9.88 Å². The maximum Gasteiger partial charge on any atom is 0.420 e. The van der Waals surface area contributed by atoms with Gasteiger partial charge in [-0.05, 0) is 36.8 Å². The third kappa shape index (κ3) is 3.42. The molecule has 6 heteroatoms. The Kier molecular flexibility index (Phi) is 4.61. The van der Waals surface area contributed by atoms with Gasteiger partial charge in [0.05, 0.1) is 5.52 Å². The van der Waals surface area contributed by atoms with E-state index >= 15 is 0 Å². The second-order valence-corrected chi connectivity index (χ2v) is 6.16. The van der Waals surface area contributed by atoms with Crippen LogP contribution in [0, 0.1) is 0 Å². The van der Waals surface area contributed by atoms with Gasteiger partial charge in [0.25, 0.3) is 0 Å². The molecule has 1 heterocycles. The Morgan fingerprint density at radius 3 is 2.52 bits per heavy atom. The predicted octanol–water partition coefficient (Wildman–Crippen LogP) is 2.54. The fourth-order valence-electron chi connectivity index (χ4n) is 2.72. The molecule has 6 nitrogen and oxygen atoms in total. The number of carbonyl (C=O) groups excluding carboxylic acids is 1. The lowest BCUT2D eigenvalue weighted by molar-refractivity contribution is -0.124. The number of para-hydroxylation sites is 2. The van der Waals surface area contributed by atoms with E-state index in [4.69, 9.17) is 4.42 Å². The molecule has 130 valence electrons. The van der Waals surface area contributed by atoms with Gasteiger partial charge in [-0.3, -0.25) is 9.36 Å². The molecular formula is C19H21N3O3. The number of nitrogens with one attached hydrogen (secondary N) is 1. The smallest absolute Gasteiger partial charge is 0.408 e. The van der Waals surface area contributed by atoms with Crippen LogP contribution in [0.15, 0.2) is 57.7 Å². The predicted molar refractivity (Wildman–Crippen MR) is 97.8 cm³/mol. The molecule has 0 unspecified atom stereocenters. The van der Waals surface area contributed by atoms with Gasteiger partial charge in [0.1, 0.15) is 6.04 Å². The van der Waals surface area contributed by atoms with Gasteiger partial charge in [-0.25, -0.2) is 4.79 Å². The molecule has 0 aliphatic rings. The number of amides is 1. The van der Waals surface area contributed by atoms with E-state index in [9.17, 15) is 9.59 Å². The largest absolute Gasteiger partial charge is 0.420 e. The number of rotatable bonds is 5. The number of benzene rings is 2. The summed E-state index contributed by atoms with van der Waals surface area (Å²) < 4.78 is 6.57. The average Bonchev–Trinajstić information content (AvgIpc) is 2.95. The molecule has 1 atom stereocenters. The fraction of sp³-hybridized carbons (Fsp3) is 0.263. The van der Waals surface area contributed by atoms with Crippen molar-refractivity contribution in [3.8, 4) is 0 Å². The molecule has 1 amide bonds. The second kappa shape index (κ2) is 6.84. The van der Waals surface area contributed by atoms with E-state index < -0.39 is 11.8 Å². The minimum Gasteiger partial charge on any atom is -0.408 e. The lowest BCUT2D eigenvalue weighted by Crippen LogP contribution is -2.34. The molecule has 2 aromatic carbocycles. The summed E-state index contributed by atoms with van der Waals surface area (Å²) in [7, 11) is 3.96. The molecule has 0 bridgehead atoms. The zero-order chi connectivity index (χ0) is 18.0. The van der Waals surface area contributed by atoms with Crippen molar-refractivity contribution in [3.63, 3.8) is 0 Å². The Bertz CT molecular complexity index is 938. The number of anilines is 1. The van der Waals surface area contributed by atoms with Crippen LogP contribution in [0.1, 0.15) is 18.5 Å². The van der Waals surface area contributed by atoms with Crippen molar-refractivity contribution >= 4 is 22.7 Å². The van der Waals surface area contributed by atoms with Gasteiger partial charge in [-0.1, -0.05) is 24.3 Å². The molecule has 1 aromatic heterocycles. The van der Waals surface area contributed by atoms with Crippen molar-refractivity contribution in [2.45, 2.75) is 19.5 Å². The minimum absolute atomic E-state index is 0.231. The van der Waals surface area contributed by atoms with Gasteiger partial charge in [0.2, 0.25) is 5.91 Å². The van der Waals surface area contributed by atoms with Crippen molar-refractivity contribution in [2.75, 3.05) is 19.0 Å². The summed E-state index contributed by atoms with van der Waals surface area (Å²) >= 11 is 0. The minimum atomic E-state index is -0.655. The first-order chi connectivity index (χ1) is 12.0. The maximum absolute atomic E-state index is 12.5. The summed E-state index contributed by atoms with van der Waals surface area (Å²) in [5.74, 6) is -0.760. The Balaban J connectivity index is 1.72. The Labute approximate surface area is 145 Å². The number of aromatic nitrogens is 1. The first-order valence-electron chi connectivity index (χ1n) is 8.11. The van der Waals surface area contributed by atoms with Crippen LogP contribution in [-0.2, 0) is 11.3 Å². The molecule has 3 aromatic rings. The van der Waals surface area contributed by atoms with Crippen LogP contribution in [0.5, 0.6) is 0 Å². The quantitative estimate of drug-likeness (QED) is 0.776. The first-order valence-corrected chi connectivity index (χ1v) is 8.11. The average molecular weight is 339 g/mol. The number of oxazole rings is 1. The molecule has 0 radical (unpaired) electrons. The maximum atomic E-state index is 12.5. The summed E-state index contributed by atoms with van der Waals surface area (Å²) in [5, 5.41) is 2.87. The zero-order valence-corrected chi connectivity index (χ0v) is 14.5. The van der Waals surface area contributed by atoms with Gasteiger partial charge in [0, 0.05) is 26.3 Å². The molecular weight excluding hydrogens is 318 g/mol. The fourth-order valence-corrected chi connectivity index (χ4v) is 2.72. The number of hydrogen-bond donors (Lipinski definition) is 1. The molecule has 0 saturated carbocycles. The topological polar surface area (TPSA) is 67.5 Å². The van der Waals surface area contributed by atoms with Gasteiger partial charge in [-0.2, -0.15) is 0 Å². The normalized spacial score (nSPS) is 12.1. The van der Waals surface area contributed by atoms with E-state index in [1.165, 1.54) is 4.57 Å². The molecule has 3 rings (SSSR count). The third-order valence-corrected chi connectivity index (χ3v) is 4.20. The van der Waals surface area contributed by atoms with Crippen molar-refractivity contribution in [3.05, 3.63) is 64.6 Å². The van der Waals surface area contributed by atoms with Crippen LogP contribution in [0.25, 0.3) is 11.1 Å². The highest BCUT2D eigenvalue weighted by Crippen LogP contribution is 2.17. The molecule has 0 aliphatic heterocycles. The van der Waals surface area contributed by atoms with E-state index in [2.05, 4.69) is 5.32 Å². The summed E-state index contributed by atoms with van der Waals surface area (Å²) in [5.41, 5.74) is 3.19. The summed E-state index contributed by atoms with van der Waals surface area (Å²) in [6.45, 7) is 2.09. The lowest BCUT2D eigenvalue weighted by atomic mass is 10.2. The van der Waals surface area contributed by atoms with Crippen LogP contribution in [0.3, 0.4) is 0 Å². The van der Waals surface area contributed by atoms with Gasteiger partial charge < -0.3 is 14.6 Å². The van der Waals surface area contributed by atoms with Crippen LogP contribution in [0.4, 0.5) is 5.69 Å². The Morgan fingerprint density at radius 1 is 1.16 bits per heavy atom. The first kappa shape index (κ1) is 16.8. The third-order valence-electron chi connectivity index (χ3n) is 4.20. The number of carbonyl (C=O) groups is 1. The van der Waals surface area contributed by atoms with E-state index in [1.807, 2.05) is 49.3 Å². The van der Waals surface area contributed by atoms with E-state index in [0.717, 1.165) is 11.3 Å². The molecule has 0 saturated heterocycles. The Hall–Kier alpha value is -3.02. The monoisotopic (exact) mass is 339 g/mol. The highest BCUT2D eigenvalue weighted by Gasteiger charge is 2.20. The molecule has 25 heavy (non-hydrogen) atoms. The zero-order valence-electron chi connectivity index (χ0n) is 14.5. The van der Waals surface area contributed by atoms with Crippen molar-refractivity contribution in [2.24, 2.45) is 0 Å². The van der Waals surface area contributed by atoms with Crippen LogP contribution in [-0.4, -0.2) is 24.6 Å². The van der Waals surface area contributed by atoms with Gasteiger partial charge in [-0.15, -0.1) is 0 Å². The SMILES string of the molecule is C[C@@H](C(=O)NCc1ccc(N(C)C)cc1)n1c(=O)oc2ccccc21. The molecule has 0 spiro atoms.